The Morgan fingerprint density at radius 1 is 1.05 bits per heavy atom. The van der Waals surface area contributed by atoms with Crippen LogP contribution in [0.15, 0.2) is 12.1 Å². The van der Waals surface area contributed by atoms with Gasteiger partial charge in [0, 0.05) is 17.4 Å². The Bertz CT molecular complexity index is 824. The molecule has 6 nitrogen and oxygen atoms in total. The molecule has 6 heteroatoms. The number of nitrogens with zero attached hydrogens (tertiary/aromatic N) is 4. The average Bonchev–Trinajstić information content (AvgIpc) is 2.92. The predicted octanol–water partition coefficient (Wildman–Crippen LogP) is 2.73. The average molecular weight is 286 g/mol. The van der Waals surface area contributed by atoms with Crippen molar-refractivity contribution in [3.63, 3.8) is 0 Å². The number of hydrogen-bond acceptors (Lipinski definition) is 5. The summed E-state index contributed by atoms with van der Waals surface area (Å²) in [5, 5.41) is 9.54. The minimum Gasteiger partial charge on any atom is -0.493 e. The molecule has 0 radical (unpaired) electrons. The zero-order chi connectivity index (χ0) is 15.1. The van der Waals surface area contributed by atoms with Gasteiger partial charge in [0.15, 0.2) is 17.1 Å². The van der Waals surface area contributed by atoms with Gasteiger partial charge in [0.25, 0.3) is 0 Å². The maximum absolute atomic E-state index is 5.37. The summed E-state index contributed by atoms with van der Waals surface area (Å²) in [6, 6.07) is 3.76. The Balaban J connectivity index is 2.43. The molecule has 0 atom stereocenters. The van der Waals surface area contributed by atoms with E-state index < -0.39 is 0 Å². The smallest absolute Gasteiger partial charge is 0.171 e. The fourth-order valence-corrected chi connectivity index (χ4v) is 2.53. The number of methoxy groups -OCH3 is 2. The lowest BCUT2D eigenvalue weighted by atomic mass is 10.2. The van der Waals surface area contributed by atoms with Crippen molar-refractivity contribution in [2.45, 2.75) is 26.7 Å². The lowest BCUT2D eigenvalue weighted by molar-refractivity contribution is 0.356. The van der Waals surface area contributed by atoms with Crippen molar-refractivity contribution in [3.8, 4) is 11.5 Å². The highest BCUT2D eigenvalue weighted by atomic mass is 16.5. The summed E-state index contributed by atoms with van der Waals surface area (Å²) in [5.41, 5.74) is 1.61. The van der Waals surface area contributed by atoms with Crippen LogP contribution in [0.1, 0.15) is 31.4 Å². The molecule has 21 heavy (non-hydrogen) atoms. The quantitative estimate of drug-likeness (QED) is 0.741. The first-order valence-electron chi connectivity index (χ1n) is 6.84. The lowest BCUT2D eigenvalue weighted by Crippen LogP contribution is -2.03. The van der Waals surface area contributed by atoms with Gasteiger partial charge in [0.1, 0.15) is 11.6 Å². The summed E-state index contributed by atoms with van der Waals surface area (Å²) < 4.78 is 12.7. The molecule has 0 spiro atoms. The number of rotatable bonds is 3. The van der Waals surface area contributed by atoms with Crippen molar-refractivity contribution in [1.29, 1.82) is 0 Å². The van der Waals surface area contributed by atoms with Gasteiger partial charge in [-0.1, -0.05) is 13.8 Å². The van der Waals surface area contributed by atoms with Crippen molar-refractivity contribution < 1.29 is 9.47 Å². The largest absolute Gasteiger partial charge is 0.493 e. The monoisotopic (exact) mass is 286 g/mol. The molecule has 2 aromatic heterocycles. The summed E-state index contributed by atoms with van der Waals surface area (Å²) in [7, 11) is 3.23. The van der Waals surface area contributed by atoms with Crippen LogP contribution in [0, 0.1) is 6.92 Å². The first-order chi connectivity index (χ1) is 10.1. The van der Waals surface area contributed by atoms with Gasteiger partial charge < -0.3 is 9.47 Å². The molecule has 0 saturated heterocycles. The van der Waals surface area contributed by atoms with Crippen LogP contribution in [-0.4, -0.2) is 33.8 Å². The molecule has 3 rings (SSSR count). The van der Waals surface area contributed by atoms with Crippen LogP contribution in [0.5, 0.6) is 11.5 Å². The summed E-state index contributed by atoms with van der Waals surface area (Å²) >= 11 is 0. The minimum absolute atomic E-state index is 0.276. The van der Waals surface area contributed by atoms with Crippen molar-refractivity contribution in [2.75, 3.05) is 14.2 Å². The van der Waals surface area contributed by atoms with Crippen LogP contribution in [0.3, 0.4) is 0 Å². The molecule has 3 aromatic rings. The van der Waals surface area contributed by atoms with E-state index in [2.05, 4.69) is 29.0 Å². The van der Waals surface area contributed by atoms with Gasteiger partial charge in [-0.25, -0.2) is 4.98 Å². The normalized spacial score (nSPS) is 11.5. The van der Waals surface area contributed by atoms with Crippen LogP contribution in [0.25, 0.3) is 16.6 Å². The fourth-order valence-electron chi connectivity index (χ4n) is 2.53. The highest BCUT2D eigenvalue weighted by Crippen LogP contribution is 2.33. The van der Waals surface area contributed by atoms with Gasteiger partial charge in [0.2, 0.25) is 0 Å². The van der Waals surface area contributed by atoms with E-state index in [4.69, 9.17) is 9.47 Å². The van der Waals surface area contributed by atoms with E-state index in [9.17, 15) is 0 Å². The number of hydrogen-bond donors (Lipinski definition) is 0. The Morgan fingerprint density at radius 2 is 1.71 bits per heavy atom. The Labute approximate surface area is 122 Å². The lowest BCUT2D eigenvalue weighted by Gasteiger charge is -2.11. The van der Waals surface area contributed by atoms with Gasteiger partial charge in [-0.2, -0.15) is 0 Å². The third kappa shape index (κ3) is 1.98. The fraction of sp³-hybridized carbons (Fsp3) is 0.400. The SMILES string of the molecule is COc1cc2nc(C)n3c(C(C)C)nnc3c2cc1OC. The Hall–Kier alpha value is -2.37. The second-order valence-electron chi connectivity index (χ2n) is 5.26. The predicted molar refractivity (Wildman–Crippen MR) is 80.2 cm³/mol. The van der Waals surface area contributed by atoms with Gasteiger partial charge in [-0.3, -0.25) is 4.40 Å². The maximum atomic E-state index is 5.37. The summed E-state index contributed by atoms with van der Waals surface area (Å²) in [5.74, 6) is 3.36. The molecular formula is C15H18N4O2. The summed E-state index contributed by atoms with van der Waals surface area (Å²) in [6.07, 6.45) is 0. The Kier molecular flexibility index (Phi) is 3.16. The third-order valence-corrected chi connectivity index (χ3v) is 3.55. The number of aromatic nitrogens is 4. The molecular weight excluding hydrogens is 268 g/mol. The molecule has 1 aromatic carbocycles. The number of ether oxygens (including phenoxy) is 2. The van der Waals surface area contributed by atoms with Crippen LogP contribution in [0.4, 0.5) is 0 Å². The second-order valence-corrected chi connectivity index (χ2v) is 5.26. The number of aryl methyl sites for hydroxylation is 1. The maximum Gasteiger partial charge on any atom is 0.171 e. The van der Waals surface area contributed by atoms with Crippen LogP contribution < -0.4 is 9.47 Å². The minimum atomic E-state index is 0.276. The molecule has 0 N–H and O–H groups in total. The molecule has 0 amide bonds. The van der Waals surface area contributed by atoms with Crippen molar-refractivity contribution >= 4 is 16.6 Å². The molecule has 0 saturated carbocycles. The molecule has 0 bridgehead atoms. The zero-order valence-corrected chi connectivity index (χ0v) is 12.8. The zero-order valence-electron chi connectivity index (χ0n) is 12.8. The van der Waals surface area contributed by atoms with E-state index >= 15 is 0 Å². The number of fused-ring (bicyclic) bond motifs is 3. The van der Waals surface area contributed by atoms with E-state index in [-0.39, 0.29) is 5.92 Å². The second kappa shape index (κ2) is 4.87. The van der Waals surface area contributed by atoms with Crippen LogP contribution >= 0.6 is 0 Å². The first kappa shape index (κ1) is 13.6. The van der Waals surface area contributed by atoms with Gasteiger partial charge in [0.05, 0.1) is 19.7 Å². The Morgan fingerprint density at radius 3 is 2.33 bits per heavy atom. The van der Waals surface area contributed by atoms with E-state index in [1.165, 1.54) is 0 Å². The van der Waals surface area contributed by atoms with Gasteiger partial charge in [-0.05, 0) is 13.0 Å². The highest BCUT2D eigenvalue weighted by Gasteiger charge is 2.17. The molecule has 0 unspecified atom stereocenters. The van der Waals surface area contributed by atoms with Crippen LogP contribution in [-0.2, 0) is 0 Å². The number of benzene rings is 1. The molecule has 0 aliphatic heterocycles. The third-order valence-electron chi connectivity index (χ3n) is 3.55. The van der Waals surface area contributed by atoms with E-state index in [0.717, 1.165) is 28.2 Å². The summed E-state index contributed by atoms with van der Waals surface area (Å²) in [6.45, 7) is 6.14. The van der Waals surface area contributed by atoms with Gasteiger partial charge >= 0.3 is 0 Å². The molecule has 0 fully saturated rings. The van der Waals surface area contributed by atoms with Crippen molar-refractivity contribution in [3.05, 3.63) is 23.8 Å². The van der Waals surface area contributed by atoms with E-state index in [1.54, 1.807) is 14.2 Å². The van der Waals surface area contributed by atoms with Crippen molar-refractivity contribution in [2.24, 2.45) is 0 Å². The molecule has 0 aliphatic rings. The van der Waals surface area contributed by atoms with Gasteiger partial charge in [-0.15, -0.1) is 10.2 Å². The standard InChI is InChI=1S/C15H18N4O2/c1-8(2)14-17-18-15-10-6-12(20-4)13(21-5)7-11(10)16-9(3)19(14)15/h6-8H,1-5H3. The highest BCUT2D eigenvalue weighted by molar-refractivity contribution is 5.93. The summed E-state index contributed by atoms with van der Waals surface area (Å²) in [4.78, 5) is 4.65. The van der Waals surface area contributed by atoms with Crippen molar-refractivity contribution in [1.82, 2.24) is 19.6 Å². The first-order valence-corrected chi connectivity index (χ1v) is 6.84. The molecule has 110 valence electrons. The molecule has 0 aliphatic carbocycles. The molecule has 2 heterocycles. The van der Waals surface area contributed by atoms with E-state index in [1.807, 2.05) is 23.5 Å². The topological polar surface area (TPSA) is 61.5 Å². The van der Waals surface area contributed by atoms with E-state index in [0.29, 0.717) is 11.5 Å². The van der Waals surface area contributed by atoms with Crippen LogP contribution in [0.2, 0.25) is 0 Å².